The summed E-state index contributed by atoms with van der Waals surface area (Å²) in [6.45, 7) is 1.69. The van der Waals surface area contributed by atoms with Gasteiger partial charge in [0.1, 0.15) is 5.82 Å². The third-order valence-electron chi connectivity index (χ3n) is 3.01. The summed E-state index contributed by atoms with van der Waals surface area (Å²) in [7, 11) is 4.01. The van der Waals surface area contributed by atoms with Gasteiger partial charge in [-0.15, -0.1) is 0 Å². The molecule has 1 aromatic carbocycles. The molecule has 122 valence electrons. The number of carbonyl (C=O) groups is 1. The smallest absolute Gasteiger partial charge is 0.257 e. The summed E-state index contributed by atoms with van der Waals surface area (Å²) in [5.74, 6) is 0.463. The number of halogens is 2. The van der Waals surface area contributed by atoms with Gasteiger partial charge in [0.05, 0.1) is 5.56 Å². The SMILES string of the molecule is CN(C)CCNc1ccc(C(=O)Nc2cc(Cl)cc(Cl)c2)cn1. The van der Waals surface area contributed by atoms with Crippen molar-refractivity contribution >= 4 is 40.6 Å². The lowest BCUT2D eigenvalue weighted by Crippen LogP contribution is -2.21. The number of aromatic nitrogens is 1. The average Bonchev–Trinajstić information content (AvgIpc) is 2.46. The van der Waals surface area contributed by atoms with Gasteiger partial charge < -0.3 is 15.5 Å². The lowest BCUT2D eigenvalue weighted by Gasteiger charge is -2.11. The van der Waals surface area contributed by atoms with E-state index in [4.69, 9.17) is 23.2 Å². The van der Waals surface area contributed by atoms with Crippen molar-refractivity contribution in [2.45, 2.75) is 0 Å². The Morgan fingerprint density at radius 3 is 2.43 bits per heavy atom. The molecule has 0 saturated carbocycles. The molecule has 1 amide bonds. The number of nitrogens with one attached hydrogen (secondary N) is 2. The van der Waals surface area contributed by atoms with Gasteiger partial charge in [-0.1, -0.05) is 23.2 Å². The van der Waals surface area contributed by atoms with Crippen LogP contribution >= 0.6 is 23.2 Å². The Bertz CT molecular complexity index is 654. The first-order chi connectivity index (χ1) is 10.9. The molecule has 7 heteroatoms. The van der Waals surface area contributed by atoms with Crippen molar-refractivity contribution in [3.8, 4) is 0 Å². The van der Waals surface area contributed by atoms with Crippen molar-refractivity contribution in [3.63, 3.8) is 0 Å². The molecule has 0 fully saturated rings. The van der Waals surface area contributed by atoms with E-state index >= 15 is 0 Å². The summed E-state index contributed by atoms with van der Waals surface area (Å²) in [6.07, 6.45) is 1.53. The van der Waals surface area contributed by atoms with Crippen LogP contribution in [0.5, 0.6) is 0 Å². The number of rotatable bonds is 6. The maximum atomic E-state index is 12.2. The average molecular weight is 353 g/mol. The van der Waals surface area contributed by atoms with E-state index in [1.165, 1.54) is 6.20 Å². The van der Waals surface area contributed by atoms with Crippen LogP contribution in [-0.4, -0.2) is 43.0 Å². The fourth-order valence-electron chi connectivity index (χ4n) is 1.87. The highest BCUT2D eigenvalue weighted by atomic mass is 35.5. The molecule has 5 nitrogen and oxygen atoms in total. The minimum atomic E-state index is -0.268. The molecule has 0 spiro atoms. The Morgan fingerprint density at radius 1 is 1.17 bits per heavy atom. The third-order valence-corrected chi connectivity index (χ3v) is 3.45. The molecule has 0 atom stereocenters. The zero-order chi connectivity index (χ0) is 16.8. The summed E-state index contributed by atoms with van der Waals surface area (Å²) in [5.41, 5.74) is 1.000. The van der Waals surface area contributed by atoms with Gasteiger partial charge in [-0.2, -0.15) is 0 Å². The van der Waals surface area contributed by atoms with E-state index in [-0.39, 0.29) is 5.91 Å². The summed E-state index contributed by atoms with van der Waals surface area (Å²) in [6, 6.07) is 8.36. The van der Waals surface area contributed by atoms with Crippen LogP contribution < -0.4 is 10.6 Å². The first-order valence-electron chi connectivity index (χ1n) is 7.06. The standard InChI is InChI=1S/C16H18Cl2N4O/c1-22(2)6-5-19-15-4-3-11(10-20-15)16(23)21-14-8-12(17)7-13(18)9-14/h3-4,7-10H,5-6H2,1-2H3,(H,19,20)(H,21,23). The molecule has 23 heavy (non-hydrogen) atoms. The zero-order valence-electron chi connectivity index (χ0n) is 12.9. The summed E-state index contributed by atoms with van der Waals surface area (Å²) >= 11 is 11.8. The largest absolute Gasteiger partial charge is 0.369 e. The molecule has 0 radical (unpaired) electrons. The molecule has 1 aromatic heterocycles. The van der Waals surface area contributed by atoms with Crippen LogP contribution in [0.4, 0.5) is 11.5 Å². The Kier molecular flexibility index (Phi) is 6.21. The zero-order valence-corrected chi connectivity index (χ0v) is 14.4. The van der Waals surface area contributed by atoms with Crippen molar-refractivity contribution < 1.29 is 4.79 Å². The van der Waals surface area contributed by atoms with Gasteiger partial charge in [-0.25, -0.2) is 4.98 Å². The number of anilines is 2. The van der Waals surface area contributed by atoms with Gasteiger partial charge in [-0.3, -0.25) is 4.79 Å². The quantitative estimate of drug-likeness (QED) is 0.833. The number of nitrogens with zero attached hydrogens (tertiary/aromatic N) is 2. The predicted molar refractivity (Wildman–Crippen MR) is 95.7 cm³/mol. The van der Waals surface area contributed by atoms with E-state index < -0.39 is 0 Å². The molecule has 0 saturated heterocycles. The Balaban J connectivity index is 1.97. The number of pyridine rings is 1. The first kappa shape index (κ1) is 17.5. The van der Waals surface area contributed by atoms with Gasteiger partial charge in [0.2, 0.25) is 0 Å². The lowest BCUT2D eigenvalue weighted by molar-refractivity contribution is 0.102. The van der Waals surface area contributed by atoms with Crippen molar-refractivity contribution in [3.05, 3.63) is 52.1 Å². The van der Waals surface area contributed by atoms with Crippen LogP contribution in [0.2, 0.25) is 10.0 Å². The van der Waals surface area contributed by atoms with Crippen LogP contribution in [0.1, 0.15) is 10.4 Å². The normalized spacial score (nSPS) is 10.7. The fraction of sp³-hybridized carbons (Fsp3) is 0.250. The van der Waals surface area contributed by atoms with Gasteiger partial charge in [0.15, 0.2) is 0 Å². The molecule has 0 aliphatic carbocycles. The fourth-order valence-corrected chi connectivity index (χ4v) is 2.40. The molecule has 0 unspecified atom stereocenters. The number of benzene rings is 1. The molecule has 0 aliphatic heterocycles. The Morgan fingerprint density at radius 2 is 1.87 bits per heavy atom. The minimum absolute atomic E-state index is 0.268. The number of hydrogen-bond acceptors (Lipinski definition) is 4. The van der Waals surface area contributed by atoms with Crippen molar-refractivity contribution in [2.24, 2.45) is 0 Å². The molecule has 0 bridgehead atoms. The van der Waals surface area contributed by atoms with Crippen LogP contribution in [0.3, 0.4) is 0 Å². The van der Waals surface area contributed by atoms with E-state index in [9.17, 15) is 4.79 Å². The second-order valence-electron chi connectivity index (χ2n) is 5.27. The first-order valence-corrected chi connectivity index (χ1v) is 7.82. The highest BCUT2D eigenvalue weighted by Crippen LogP contribution is 2.22. The van der Waals surface area contributed by atoms with Crippen molar-refractivity contribution in [1.82, 2.24) is 9.88 Å². The molecular weight excluding hydrogens is 335 g/mol. The van der Waals surface area contributed by atoms with Crippen molar-refractivity contribution in [2.75, 3.05) is 37.8 Å². The Labute approximate surface area is 145 Å². The predicted octanol–water partition coefficient (Wildman–Crippen LogP) is 3.61. The van der Waals surface area contributed by atoms with Gasteiger partial charge in [0.25, 0.3) is 5.91 Å². The van der Waals surface area contributed by atoms with Crippen LogP contribution in [0, 0.1) is 0 Å². The van der Waals surface area contributed by atoms with E-state index in [0.29, 0.717) is 21.3 Å². The molecule has 2 rings (SSSR count). The van der Waals surface area contributed by atoms with Crippen LogP contribution in [-0.2, 0) is 0 Å². The van der Waals surface area contributed by atoms with Crippen LogP contribution in [0.25, 0.3) is 0 Å². The van der Waals surface area contributed by atoms with Gasteiger partial charge in [0, 0.05) is 35.0 Å². The van der Waals surface area contributed by atoms with Crippen molar-refractivity contribution in [1.29, 1.82) is 0 Å². The molecule has 2 aromatic rings. The maximum absolute atomic E-state index is 12.2. The highest BCUT2D eigenvalue weighted by molar-refractivity contribution is 6.35. The monoisotopic (exact) mass is 352 g/mol. The van der Waals surface area contributed by atoms with Gasteiger partial charge in [-0.05, 0) is 44.4 Å². The minimum Gasteiger partial charge on any atom is -0.369 e. The van der Waals surface area contributed by atoms with Gasteiger partial charge >= 0.3 is 0 Å². The van der Waals surface area contributed by atoms with E-state index in [2.05, 4.69) is 20.5 Å². The van der Waals surface area contributed by atoms with E-state index in [1.807, 2.05) is 14.1 Å². The molecular formula is C16H18Cl2N4O. The summed E-state index contributed by atoms with van der Waals surface area (Å²) in [4.78, 5) is 18.5. The number of amides is 1. The third kappa shape index (κ3) is 5.71. The Hall–Kier alpha value is -1.82. The molecule has 0 aliphatic rings. The second kappa shape index (κ2) is 8.15. The summed E-state index contributed by atoms with van der Waals surface area (Å²) in [5, 5.41) is 6.86. The molecule has 1 heterocycles. The number of hydrogen-bond donors (Lipinski definition) is 2. The topological polar surface area (TPSA) is 57.3 Å². The lowest BCUT2D eigenvalue weighted by atomic mass is 10.2. The number of likely N-dealkylation sites (N-methyl/N-ethyl adjacent to an activating group) is 1. The summed E-state index contributed by atoms with van der Waals surface area (Å²) < 4.78 is 0. The highest BCUT2D eigenvalue weighted by Gasteiger charge is 2.08. The number of carbonyl (C=O) groups excluding carboxylic acids is 1. The van der Waals surface area contributed by atoms with Crippen LogP contribution in [0.15, 0.2) is 36.5 Å². The molecule has 2 N–H and O–H groups in total. The maximum Gasteiger partial charge on any atom is 0.257 e. The van der Waals surface area contributed by atoms with E-state index in [1.54, 1.807) is 30.3 Å². The second-order valence-corrected chi connectivity index (χ2v) is 6.15. The van der Waals surface area contributed by atoms with E-state index in [0.717, 1.165) is 18.9 Å².